The molecule has 0 radical (unpaired) electrons. The maximum absolute atomic E-state index is 10.8. The van der Waals surface area contributed by atoms with Gasteiger partial charge in [-0.2, -0.15) is 0 Å². The van der Waals surface area contributed by atoms with Gasteiger partial charge in [0.15, 0.2) is 6.61 Å². The lowest BCUT2D eigenvalue weighted by atomic mass is 9.97. The fraction of sp³-hybridized carbons (Fsp3) is 0.435. The molecule has 3 N–H and O–H groups in total. The lowest BCUT2D eigenvalue weighted by Crippen LogP contribution is -2.29. The number of carbonyl (C=O) groups excluding carboxylic acids is 1. The third-order valence-electron chi connectivity index (χ3n) is 5.32. The van der Waals surface area contributed by atoms with Crippen molar-refractivity contribution in [3.05, 3.63) is 59.7 Å². The van der Waals surface area contributed by atoms with Gasteiger partial charge in [0.2, 0.25) is 0 Å². The molecule has 1 aliphatic carbocycles. The van der Waals surface area contributed by atoms with Gasteiger partial charge in [0.05, 0.1) is 6.61 Å². The number of ether oxygens (including phenoxy) is 2. The van der Waals surface area contributed by atoms with Crippen LogP contribution in [0, 0.1) is 0 Å². The molecule has 0 spiro atoms. The number of benzene rings is 2. The summed E-state index contributed by atoms with van der Waals surface area (Å²) in [5, 5.41) is 3.78. The Labute approximate surface area is 167 Å². The molecule has 0 aromatic heterocycles. The average Bonchev–Trinajstić information content (AvgIpc) is 3.15. The Morgan fingerprint density at radius 2 is 1.93 bits per heavy atom. The molecule has 0 aliphatic heterocycles. The van der Waals surface area contributed by atoms with Crippen LogP contribution in [0.25, 0.3) is 0 Å². The monoisotopic (exact) mass is 382 g/mol. The predicted octanol–water partition coefficient (Wildman–Crippen LogP) is 3.94. The molecule has 0 bridgehead atoms. The molecular formula is C23H30N2O3. The van der Waals surface area contributed by atoms with Crippen LogP contribution < -0.4 is 20.5 Å². The topological polar surface area (TPSA) is 73.6 Å². The van der Waals surface area contributed by atoms with Gasteiger partial charge >= 0.3 is 0 Å². The van der Waals surface area contributed by atoms with Crippen LogP contribution >= 0.6 is 0 Å². The number of nitrogens with two attached hydrogens (primary N) is 1. The number of hydrogen-bond donors (Lipinski definition) is 2. The smallest absolute Gasteiger partial charge is 0.255 e. The minimum atomic E-state index is -0.463. The van der Waals surface area contributed by atoms with Gasteiger partial charge in [0, 0.05) is 12.1 Å². The summed E-state index contributed by atoms with van der Waals surface area (Å²) >= 11 is 0. The number of carbonyl (C=O) groups is 1. The van der Waals surface area contributed by atoms with E-state index in [1.165, 1.54) is 24.0 Å². The fourth-order valence-corrected chi connectivity index (χ4v) is 3.92. The van der Waals surface area contributed by atoms with Crippen LogP contribution in [0.4, 0.5) is 0 Å². The predicted molar refractivity (Wildman–Crippen MR) is 111 cm³/mol. The van der Waals surface area contributed by atoms with E-state index in [2.05, 4.69) is 42.6 Å². The Morgan fingerprint density at radius 3 is 2.64 bits per heavy atom. The SMILES string of the molecule is CCOc1cccc([C@@H](C)N[C@@H]2CCC(c3ccc(OCC(N)=O)cc3)C2)c1. The minimum absolute atomic E-state index is 0.0862. The van der Waals surface area contributed by atoms with Crippen molar-refractivity contribution < 1.29 is 14.3 Å². The minimum Gasteiger partial charge on any atom is -0.494 e. The Kier molecular flexibility index (Phi) is 6.93. The summed E-state index contributed by atoms with van der Waals surface area (Å²) in [6.45, 7) is 4.81. The Morgan fingerprint density at radius 1 is 1.14 bits per heavy atom. The summed E-state index contributed by atoms with van der Waals surface area (Å²) in [6, 6.07) is 17.1. The van der Waals surface area contributed by atoms with E-state index in [0.717, 1.165) is 12.2 Å². The number of hydrogen-bond acceptors (Lipinski definition) is 4. The van der Waals surface area contributed by atoms with E-state index in [1.54, 1.807) is 0 Å². The van der Waals surface area contributed by atoms with E-state index in [4.69, 9.17) is 15.2 Å². The van der Waals surface area contributed by atoms with E-state index in [1.807, 2.05) is 25.1 Å². The molecule has 1 amide bonds. The molecule has 1 saturated carbocycles. The molecule has 1 fully saturated rings. The average molecular weight is 383 g/mol. The van der Waals surface area contributed by atoms with Crippen LogP contribution in [-0.4, -0.2) is 25.2 Å². The quantitative estimate of drug-likeness (QED) is 0.689. The van der Waals surface area contributed by atoms with Crippen LogP contribution in [0.1, 0.15) is 56.2 Å². The van der Waals surface area contributed by atoms with Crippen molar-refractivity contribution in [2.45, 2.75) is 51.1 Å². The van der Waals surface area contributed by atoms with E-state index < -0.39 is 5.91 Å². The van der Waals surface area contributed by atoms with Crippen molar-refractivity contribution in [2.24, 2.45) is 5.73 Å². The summed E-state index contributed by atoms with van der Waals surface area (Å²) in [7, 11) is 0. The second-order valence-electron chi connectivity index (χ2n) is 7.42. The molecule has 3 rings (SSSR count). The zero-order valence-corrected chi connectivity index (χ0v) is 16.7. The van der Waals surface area contributed by atoms with Crippen LogP contribution in [0.3, 0.4) is 0 Å². The second kappa shape index (κ2) is 9.60. The van der Waals surface area contributed by atoms with Gasteiger partial charge < -0.3 is 20.5 Å². The van der Waals surface area contributed by atoms with Gasteiger partial charge in [-0.15, -0.1) is 0 Å². The van der Waals surface area contributed by atoms with E-state index in [0.29, 0.717) is 24.3 Å². The number of amides is 1. The van der Waals surface area contributed by atoms with Crippen molar-refractivity contribution in [1.29, 1.82) is 0 Å². The number of rotatable bonds is 9. The first kappa shape index (κ1) is 20.2. The first-order valence-electron chi connectivity index (χ1n) is 10.0. The maximum atomic E-state index is 10.8. The second-order valence-corrected chi connectivity index (χ2v) is 7.42. The van der Waals surface area contributed by atoms with Crippen molar-refractivity contribution in [3.63, 3.8) is 0 Å². The number of primary amides is 1. The van der Waals surface area contributed by atoms with Gasteiger partial charge in [-0.25, -0.2) is 0 Å². The van der Waals surface area contributed by atoms with E-state index in [9.17, 15) is 4.79 Å². The van der Waals surface area contributed by atoms with Crippen molar-refractivity contribution in [1.82, 2.24) is 5.32 Å². The highest BCUT2D eigenvalue weighted by Gasteiger charge is 2.27. The molecule has 1 unspecified atom stereocenters. The first-order chi connectivity index (χ1) is 13.5. The highest BCUT2D eigenvalue weighted by molar-refractivity contribution is 5.75. The summed E-state index contributed by atoms with van der Waals surface area (Å²) < 4.78 is 11.0. The standard InChI is InChI=1S/C23H30N2O3/c1-3-27-22-6-4-5-18(14-22)16(2)25-20-10-7-19(13-20)17-8-11-21(12-9-17)28-15-23(24)26/h4-6,8-9,11-12,14,16,19-20,25H,3,7,10,13,15H2,1-2H3,(H2,24,26)/t16-,19?,20-/m1/s1. The van der Waals surface area contributed by atoms with Gasteiger partial charge in [-0.3, -0.25) is 4.79 Å². The normalized spacial score (nSPS) is 19.9. The molecule has 2 aromatic carbocycles. The third kappa shape index (κ3) is 5.49. The summed E-state index contributed by atoms with van der Waals surface area (Å²) in [5.41, 5.74) is 7.69. The zero-order chi connectivity index (χ0) is 19.9. The largest absolute Gasteiger partial charge is 0.494 e. The Bertz CT molecular complexity index is 776. The molecule has 3 atom stereocenters. The summed E-state index contributed by atoms with van der Waals surface area (Å²) in [4.78, 5) is 10.8. The van der Waals surface area contributed by atoms with Gasteiger partial charge in [0.25, 0.3) is 5.91 Å². The maximum Gasteiger partial charge on any atom is 0.255 e. The van der Waals surface area contributed by atoms with Crippen molar-refractivity contribution >= 4 is 5.91 Å². The van der Waals surface area contributed by atoms with Crippen LogP contribution in [0.5, 0.6) is 11.5 Å². The molecule has 2 aromatic rings. The highest BCUT2D eigenvalue weighted by atomic mass is 16.5. The molecule has 0 saturated heterocycles. The molecule has 1 aliphatic rings. The lowest BCUT2D eigenvalue weighted by Gasteiger charge is -2.21. The first-order valence-corrected chi connectivity index (χ1v) is 10.0. The van der Waals surface area contributed by atoms with Crippen molar-refractivity contribution in [3.8, 4) is 11.5 Å². The molecular weight excluding hydrogens is 352 g/mol. The third-order valence-corrected chi connectivity index (χ3v) is 5.32. The Hall–Kier alpha value is -2.53. The van der Waals surface area contributed by atoms with Crippen molar-refractivity contribution in [2.75, 3.05) is 13.2 Å². The lowest BCUT2D eigenvalue weighted by molar-refractivity contribution is -0.119. The molecule has 150 valence electrons. The summed E-state index contributed by atoms with van der Waals surface area (Å²) in [5.74, 6) is 1.69. The highest BCUT2D eigenvalue weighted by Crippen LogP contribution is 2.36. The van der Waals surface area contributed by atoms with E-state index in [-0.39, 0.29) is 12.6 Å². The molecule has 5 nitrogen and oxygen atoms in total. The summed E-state index contributed by atoms with van der Waals surface area (Å²) in [6.07, 6.45) is 3.46. The van der Waals surface area contributed by atoms with Crippen LogP contribution in [0.2, 0.25) is 0 Å². The van der Waals surface area contributed by atoms with Gasteiger partial charge in [-0.05, 0) is 74.4 Å². The Balaban J connectivity index is 1.53. The molecule has 28 heavy (non-hydrogen) atoms. The number of nitrogens with one attached hydrogen (secondary N) is 1. The van der Waals surface area contributed by atoms with Crippen LogP contribution in [-0.2, 0) is 4.79 Å². The molecule has 5 heteroatoms. The molecule has 0 heterocycles. The fourth-order valence-electron chi connectivity index (χ4n) is 3.92. The van der Waals surface area contributed by atoms with Gasteiger partial charge in [0.1, 0.15) is 11.5 Å². The van der Waals surface area contributed by atoms with E-state index >= 15 is 0 Å². The van der Waals surface area contributed by atoms with Crippen LogP contribution in [0.15, 0.2) is 48.5 Å². The zero-order valence-electron chi connectivity index (χ0n) is 16.7. The van der Waals surface area contributed by atoms with Gasteiger partial charge in [-0.1, -0.05) is 24.3 Å².